The number of nitrogens with zero attached hydrogens (tertiary/aromatic N) is 2. The van der Waals surface area contributed by atoms with Crippen LogP contribution in [0, 0.1) is 0 Å². The fourth-order valence-electron chi connectivity index (χ4n) is 2.38. The maximum absolute atomic E-state index is 12.3. The SMILES string of the molecule is CSc1nc(Nc2cccnc2-c2ccccc2)c(C(=O)NN)c(=O)[nH]1. The molecule has 2 heterocycles. The molecule has 0 radical (unpaired) electrons. The minimum absolute atomic E-state index is 0.103. The third-order valence-corrected chi connectivity index (χ3v) is 4.14. The molecule has 3 rings (SSSR count). The van der Waals surface area contributed by atoms with Crippen molar-refractivity contribution >= 4 is 29.2 Å². The zero-order chi connectivity index (χ0) is 18.5. The zero-order valence-corrected chi connectivity index (χ0v) is 14.6. The molecule has 0 spiro atoms. The monoisotopic (exact) mass is 368 g/mol. The van der Waals surface area contributed by atoms with Gasteiger partial charge in [-0.05, 0) is 18.4 Å². The van der Waals surface area contributed by atoms with Crippen molar-refractivity contribution in [2.45, 2.75) is 5.16 Å². The number of hydrazine groups is 1. The Kier molecular flexibility index (Phi) is 5.30. The molecule has 9 heteroatoms. The summed E-state index contributed by atoms with van der Waals surface area (Å²) in [4.78, 5) is 35.6. The molecule has 8 nitrogen and oxygen atoms in total. The molecule has 1 amide bonds. The van der Waals surface area contributed by atoms with Gasteiger partial charge in [-0.1, -0.05) is 42.1 Å². The summed E-state index contributed by atoms with van der Waals surface area (Å²) in [6, 6.07) is 13.1. The molecule has 0 aliphatic rings. The third-order valence-electron chi connectivity index (χ3n) is 3.56. The minimum atomic E-state index is -0.737. The molecule has 0 bridgehead atoms. The number of benzene rings is 1. The van der Waals surface area contributed by atoms with Crippen LogP contribution in [0.2, 0.25) is 0 Å². The van der Waals surface area contributed by atoms with E-state index < -0.39 is 11.5 Å². The lowest BCUT2D eigenvalue weighted by Crippen LogP contribution is -2.35. The Balaban J connectivity index is 2.12. The number of anilines is 2. The van der Waals surface area contributed by atoms with Crippen LogP contribution in [0.15, 0.2) is 58.6 Å². The van der Waals surface area contributed by atoms with E-state index in [2.05, 4.69) is 20.3 Å². The number of nitrogen functional groups attached to an aromatic ring is 1. The van der Waals surface area contributed by atoms with E-state index in [1.807, 2.05) is 35.8 Å². The maximum atomic E-state index is 12.3. The van der Waals surface area contributed by atoms with E-state index in [9.17, 15) is 9.59 Å². The van der Waals surface area contributed by atoms with Crippen LogP contribution in [-0.2, 0) is 0 Å². The van der Waals surface area contributed by atoms with Gasteiger partial charge in [0.2, 0.25) is 0 Å². The van der Waals surface area contributed by atoms with E-state index in [0.717, 1.165) is 5.56 Å². The number of H-pyrrole nitrogens is 1. The number of hydrogen-bond donors (Lipinski definition) is 4. The predicted octanol–water partition coefficient (Wildman–Crippen LogP) is 1.90. The van der Waals surface area contributed by atoms with Gasteiger partial charge in [0.25, 0.3) is 11.5 Å². The molecule has 2 aromatic heterocycles. The van der Waals surface area contributed by atoms with Crippen molar-refractivity contribution < 1.29 is 4.79 Å². The Bertz CT molecular complexity index is 990. The van der Waals surface area contributed by atoms with Gasteiger partial charge in [-0.25, -0.2) is 10.8 Å². The molecule has 0 saturated carbocycles. The summed E-state index contributed by atoms with van der Waals surface area (Å²) in [5.41, 5.74) is 3.34. The topological polar surface area (TPSA) is 126 Å². The first-order chi connectivity index (χ1) is 12.6. The third kappa shape index (κ3) is 3.58. The standard InChI is InChI=1S/C17H16N6O2S/c1-26-17-21-14(12(15(24)22-17)16(25)23-18)20-11-8-5-9-19-13(11)10-6-3-2-4-7-10/h2-9H,18H2,1H3,(H,23,25)(H2,20,21,22,24). The number of pyridine rings is 1. The van der Waals surface area contributed by atoms with Crippen molar-refractivity contribution in [3.63, 3.8) is 0 Å². The Morgan fingerprint density at radius 3 is 2.65 bits per heavy atom. The maximum Gasteiger partial charge on any atom is 0.274 e. The number of nitrogens with one attached hydrogen (secondary N) is 3. The van der Waals surface area contributed by atoms with Gasteiger partial charge in [0.1, 0.15) is 5.56 Å². The van der Waals surface area contributed by atoms with Gasteiger partial charge in [-0.3, -0.25) is 20.0 Å². The Hall–Kier alpha value is -3.17. The number of rotatable bonds is 5. The van der Waals surface area contributed by atoms with Gasteiger partial charge in [-0.15, -0.1) is 0 Å². The highest BCUT2D eigenvalue weighted by Gasteiger charge is 2.19. The van der Waals surface area contributed by atoms with Crippen molar-refractivity contribution in [1.29, 1.82) is 0 Å². The highest BCUT2D eigenvalue weighted by molar-refractivity contribution is 7.98. The Labute approximate surface area is 153 Å². The normalized spacial score (nSPS) is 10.4. The van der Waals surface area contributed by atoms with E-state index in [0.29, 0.717) is 16.5 Å². The second kappa shape index (κ2) is 7.81. The van der Waals surface area contributed by atoms with Crippen LogP contribution in [0.4, 0.5) is 11.5 Å². The molecule has 3 aromatic rings. The zero-order valence-electron chi connectivity index (χ0n) is 13.8. The summed E-state index contributed by atoms with van der Waals surface area (Å²) < 4.78 is 0. The number of aromatic nitrogens is 3. The molecule has 0 fully saturated rings. The molecule has 1 aromatic carbocycles. The lowest BCUT2D eigenvalue weighted by atomic mass is 10.1. The van der Waals surface area contributed by atoms with E-state index in [1.165, 1.54) is 11.8 Å². The fraction of sp³-hybridized carbons (Fsp3) is 0.0588. The van der Waals surface area contributed by atoms with Crippen LogP contribution in [-0.4, -0.2) is 27.1 Å². The molecule has 5 N–H and O–H groups in total. The number of nitrogens with two attached hydrogens (primary N) is 1. The quantitative estimate of drug-likeness (QED) is 0.178. The van der Waals surface area contributed by atoms with Crippen LogP contribution in [0.5, 0.6) is 0 Å². The first-order valence-corrected chi connectivity index (χ1v) is 8.83. The van der Waals surface area contributed by atoms with Crippen LogP contribution >= 0.6 is 11.8 Å². The second-order valence-electron chi connectivity index (χ2n) is 5.16. The highest BCUT2D eigenvalue weighted by Crippen LogP contribution is 2.28. The summed E-state index contributed by atoms with van der Waals surface area (Å²) in [5.74, 6) is 4.57. The number of carbonyl (C=O) groups excluding carboxylic acids is 1. The number of aromatic amines is 1. The predicted molar refractivity (Wildman–Crippen MR) is 101 cm³/mol. The number of carbonyl (C=O) groups is 1. The summed E-state index contributed by atoms with van der Waals surface area (Å²) in [6.45, 7) is 0. The van der Waals surface area contributed by atoms with Gasteiger partial charge in [0.05, 0.1) is 11.4 Å². The summed E-state index contributed by atoms with van der Waals surface area (Å²) >= 11 is 1.25. The second-order valence-corrected chi connectivity index (χ2v) is 5.96. The van der Waals surface area contributed by atoms with Crippen LogP contribution in [0.3, 0.4) is 0 Å². The van der Waals surface area contributed by atoms with Gasteiger partial charge < -0.3 is 10.3 Å². The molecule has 132 valence electrons. The van der Waals surface area contributed by atoms with Crippen molar-refractivity contribution in [3.8, 4) is 11.3 Å². The molecule has 26 heavy (non-hydrogen) atoms. The summed E-state index contributed by atoms with van der Waals surface area (Å²) in [7, 11) is 0. The van der Waals surface area contributed by atoms with Gasteiger partial charge in [-0.2, -0.15) is 0 Å². The summed E-state index contributed by atoms with van der Waals surface area (Å²) in [6.07, 6.45) is 3.43. The molecule has 0 unspecified atom stereocenters. The summed E-state index contributed by atoms with van der Waals surface area (Å²) in [5, 5.41) is 3.42. The van der Waals surface area contributed by atoms with Crippen LogP contribution in [0.25, 0.3) is 11.3 Å². The smallest absolute Gasteiger partial charge is 0.274 e. The van der Waals surface area contributed by atoms with Gasteiger partial charge in [0, 0.05) is 11.8 Å². The fourth-order valence-corrected chi connectivity index (χ4v) is 2.76. The van der Waals surface area contributed by atoms with E-state index >= 15 is 0 Å². The number of hydrogen-bond acceptors (Lipinski definition) is 7. The van der Waals surface area contributed by atoms with Crippen molar-refractivity contribution in [1.82, 2.24) is 20.4 Å². The molecule has 0 aliphatic heterocycles. The average molecular weight is 368 g/mol. The lowest BCUT2D eigenvalue weighted by Gasteiger charge is -2.13. The number of thioether (sulfide) groups is 1. The van der Waals surface area contributed by atoms with Crippen molar-refractivity contribution in [2.75, 3.05) is 11.6 Å². The van der Waals surface area contributed by atoms with Crippen molar-refractivity contribution in [3.05, 3.63) is 64.6 Å². The molecule has 0 aliphatic carbocycles. The van der Waals surface area contributed by atoms with Crippen LogP contribution < -0.4 is 22.1 Å². The molecule has 0 atom stereocenters. The van der Waals surface area contributed by atoms with E-state index in [4.69, 9.17) is 5.84 Å². The molecular weight excluding hydrogens is 352 g/mol. The Morgan fingerprint density at radius 1 is 1.19 bits per heavy atom. The number of amides is 1. The average Bonchev–Trinajstić information content (AvgIpc) is 2.68. The van der Waals surface area contributed by atoms with E-state index in [1.54, 1.807) is 24.6 Å². The van der Waals surface area contributed by atoms with Crippen molar-refractivity contribution in [2.24, 2.45) is 5.84 Å². The minimum Gasteiger partial charge on any atom is -0.338 e. The van der Waals surface area contributed by atoms with E-state index in [-0.39, 0.29) is 11.4 Å². The largest absolute Gasteiger partial charge is 0.338 e. The molecule has 0 saturated heterocycles. The highest BCUT2D eigenvalue weighted by atomic mass is 32.2. The lowest BCUT2D eigenvalue weighted by molar-refractivity contribution is 0.0952. The van der Waals surface area contributed by atoms with Gasteiger partial charge >= 0.3 is 0 Å². The van der Waals surface area contributed by atoms with Crippen LogP contribution in [0.1, 0.15) is 10.4 Å². The Morgan fingerprint density at radius 2 is 1.96 bits per heavy atom. The first-order valence-electron chi connectivity index (χ1n) is 7.60. The first kappa shape index (κ1) is 17.6. The molecular formula is C17H16N6O2S. The van der Waals surface area contributed by atoms with Gasteiger partial charge in [0.15, 0.2) is 11.0 Å².